The molecular formula is C48H45N5S4. The Morgan fingerprint density at radius 1 is 0.491 bits per heavy atom. The molecule has 0 radical (unpaired) electrons. The van der Waals surface area contributed by atoms with Crippen LogP contribution in [0.1, 0.15) is 120 Å². The van der Waals surface area contributed by atoms with Gasteiger partial charge in [-0.1, -0.05) is 64.7 Å². The highest BCUT2D eigenvalue weighted by Gasteiger charge is 2.23. The lowest BCUT2D eigenvalue weighted by atomic mass is 9.96. The first-order chi connectivity index (χ1) is 27.7. The fraction of sp³-hybridized carbons (Fsp3) is 0.333. The van der Waals surface area contributed by atoms with Gasteiger partial charge in [0.25, 0.3) is 0 Å². The molecule has 2 aliphatic carbocycles. The summed E-state index contributed by atoms with van der Waals surface area (Å²) in [4.78, 5) is 7.27. The molecule has 0 bridgehead atoms. The second kappa shape index (κ2) is 17.6. The first-order valence-electron chi connectivity index (χ1n) is 19.9. The van der Waals surface area contributed by atoms with Gasteiger partial charge in [-0.25, -0.2) is 0 Å². The van der Waals surface area contributed by atoms with Crippen molar-refractivity contribution in [3.63, 3.8) is 0 Å². The molecule has 0 aromatic carbocycles. The van der Waals surface area contributed by atoms with E-state index in [4.69, 9.17) is 0 Å². The molecule has 5 aromatic heterocycles. The van der Waals surface area contributed by atoms with Crippen LogP contribution >= 0.6 is 45.3 Å². The molecule has 9 heteroatoms. The molecule has 0 atom stereocenters. The number of hydrogen-bond acceptors (Lipinski definition) is 8. The summed E-state index contributed by atoms with van der Waals surface area (Å²) in [6, 6.07) is 17.7. The first-order valence-corrected chi connectivity index (χ1v) is 23.1. The van der Waals surface area contributed by atoms with E-state index in [-0.39, 0.29) is 11.1 Å². The normalized spacial score (nSPS) is 13.7. The minimum atomic E-state index is 0.156. The molecule has 2 aliphatic rings. The fourth-order valence-electron chi connectivity index (χ4n) is 8.23. The van der Waals surface area contributed by atoms with Gasteiger partial charge in [0.2, 0.25) is 0 Å². The van der Waals surface area contributed by atoms with E-state index in [1.165, 1.54) is 97.7 Å². The van der Waals surface area contributed by atoms with Gasteiger partial charge in [0.05, 0.1) is 20.4 Å². The monoisotopic (exact) mass is 819 g/mol. The van der Waals surface area contributed by atoms with Gasteiger partial charge in [0.15, 0.2) is 0 Å². The largest absolute Gasteiger partial charge is 0.339 e. The average Bonchev–Trinajstić information content (AvgIpc) is 4.01. The molecule has 57 heavy (non-hydrogen) atoms. The van der Waals surface area contributed by atoms with E-state index >= 15 is 0 Å². The van der Waals surface area contributed by atoms with E-state index in [0.717, 1.165) is 67.3 Å². The zero-order valence-corrected chi connectivity index (χ0v) is 36.5. The lowest BCUT2D eigenvalue weighted by Gasteiger charge is -2.07. The van der Waals surface area contributed by atoms with Gasteiger partial charge in [0.1, 0.15) is 35.4 Å². The van der Waals surface area contributed by atoms with Crippen LogP contribution in [-0.4, -0.2) is 4.57 Å². The quantitative estimate of drug-likeness (QED) is 0.0872. The van der Waals surface area contributed by atoms with Gasteiger partial charge < -0.3 is 4.57 Å². The second-order valence-corrected chi connectivity index (χ2v) is 19.4. The van der Waals surface area contributed by atoms with Crippen LogP contribution in [0.15, 0.2) is 68.9 Å². The van der Waals surface area contributed by atoms with Gasteiger partial charge in [-0.15, -0.1) is 45.3 Å². The summed E-state index contributed by atoms with van der Waals surface area (Å²) < 4.78 is 5.24. The summed E-state index contributed by atoms with van der Waals surface area (Å²) in [5.41, 5.74) is 10.4. The molecule has 286 valence electrons. The maximum Gasteiger partial charge on any atom is 0.137 e. The predicted octanol–water partition coefficient (Wildman–Crippen LogP) is 15.6. The molecule has 0 unspecified atom stereocenters. The molecule has 5 heterocycles. The van der Waals surface area contributed by atoms with Crippen LogP contribution in [0, 0.1) is 45.3 Å². The number of nitriles is 4. The smallest absolute Gasteiger partial charge is 0.137 e. The van der Waals surface area contributed by atoms with Crippen LogP contribution < -0.4 is 0 Å². The van der Waals surface area contributed by atoms with Crippen LogP contribution in [0.3, 0.4) is 0 Å². The highest BCUT2D eigenvalue weighted by molar-refractivity contribution is 7.32. The summed E-state index contributed by atoms with van der Waals surface area (Å²) in [6.45, 7) is 11.2. The Morgan fingerprint density at radius 2 is 0.860 bits per heavy atom. The van der Waals surface area contributed by atoms with Crippen LogP contribution in [0.2, 0.25) is 0 Å². The minimum absolute atomic E-state index is 0.156. The molecule has 0 spiro atoms. The molecule has 7 rings (SSSR count). The summed E-state index contributed by atoms with van der Waals surface area (Å²) in [5, 5.41) is 38.5. The number of allylic oxidation sites excluding steroid dienone is 8. The van der Waals surface area contributed by atoms with Crippen molar-refractivity contribution in [2.45, 2.75) is 105 Å². The molecule has 0 aliphatic heterocycles. The molecule has 0 saturated carbocycles. The zero-order valence-electron chi connectivity index (χ0n) is 33.3. The van der Waals surface area contributed by atoms with Crippen LogP contribution in [0.4, 0.5) is 0 Å². The van der Waals surface area contributed by atoms with E-state index in [0.29, 0.717) is 0 Å². The Bertz CT molecular complexity index is 2470. The Kier molecular flexibility index (Phi) is 12.4. The van der Waals surface area contributed by atoms with Gasteiger partial charge >= 0.3 is 0 Å². The summed E-state index contributed by atoms with van der Waals surface area (Å²) in [5.74, 6) is 0. The fourth-order valence-corrected chi connectivity index (χ4v) is 13.1. The van der Waals surface area contributed by atoms with Crippen molar-refractivity contribution in [2.24, 2.45) is 0 Å². The molecule has 5 aromatic rings. The topological polar surface area (TPSA) is 100 Å². The van der Waals surface area contributed by atoms with Crippen LogP contribution in [-0.2, 0) is 6.54 Å². The molecule has 0 fully saturated rings. The van der Waals surface area contributed by atoms with Crippen molar-refractivity contribution in [1.29, 1.82) is 21.0 Å². The van der Waals surface area contributed by atoms with Crippen molar-refractivity contribution in [3.05, 3.63) is 89.7 Å². The summed E-state index contributed by atoms with van der Waals surface area (Å²) in [7, 11) is 0. The number of aryl methyl sites for hydroxylation is 1. The van der Waals surface area contributed by atoms with E-state index in [1.54, 1.807) is 22.7 Å². The van der Waals surface area contributed by atoms with Crippen molar-refractivity contribution >= 4 is 90.1 Å². The maximum atomic E-state index is 9.62. The lowest BCUT2D eigenvalue weighted by molar-refractivity contribution is 0.541. The number of fused-ring (bicyclic) bond motifs is 5. The Labute approximate surface area is 352 Å². The van der Waals surface area contributed by atoms with Crippen molar-refractivity contribution in [3.8, 4) is 43.8 Å². The Balaban J connectivity index is 1.23. The van der Waals surface area contributed by atoms with E-state index in [2.05, 4.69) is 84.3 Å². The van der Waals surface area contributed by atoms with Gasteiger partial charge in [-0.3, -0.25) is 0 Å². The average molecular weight is 820 g/mol. The van der Waals surface area contributed by atoms with E-state index in [1.807, 2.05) is 50.4 Å². The SMILES string of the molecule is CCCCCCCCCCCCn1c2cc(-c3cc4c(s3)C=C(C)C(=C(C#N)C#N)C(C)=C4)sc2c2sc(-c3cc4c(s3)C=C(C)C(=C(C#N)C#N)C(C)=C4)cc21. The van der Waals surface area contributed by atoms with Crippen molar-refractivity contribution < 1.29 is 0 Å². The van der Waals surface area contributed by atoms with Crippen molar-refractivity contribution in [2.75, 3.05) is 0 Å². The van der Waals surface area contributed by atoms with Crippen LogP contribution in [0.5, 0.6) is 0 Å². The molecule has 0 N–H and O–H groups in total. The number of nitrogens with zero attached hydrogens (tertiary/aromatic N) is 5. The number of aromatic nitrogens is 1. The standard InChI is InChI=1S/C48H45N5S4/c1-6-7-8-9-10-11-12-13-14-15-16-53-37-23-43(41-21-33-17-29(2)45(35(25-49)26-50)31(4)19-39(33)54-41)56-47(37)48-38(53)24-44(57-48)42-22-34-18-30(3)46(36(27-51)28-52)32(5)20-40(34)55-42/h17-24H,6-16H2,1-5H3. The van der Waals surface area contributed by atoms with Gasteiger partial charge in [-0.2, -0.15) is 21.0 Å². The molecule has 0 amide bonds. The minimum Gasteiger partial charge on any atom is -0.339 e. The maximum absolute atomic E-state index is 9.62. The molecule has 5 nitrogen and oxygen atoms in total. The lowest BCUT2D eigenvalue weighted by Crippen LogP contribution is -1.96. The second-order valence-electron chi connectivity index (χ2n) is 15.1. The number of thiophene rings is 4. The highest BCUT2D eigenvalue weighted by Crippen LogP contribution is 2.49. The molecular weight excluding hydrogens is 775 g/mol. The number of hydrogen-bond donors (Lipinski definition) is 0. The zero-order chi connectivity index (χ0) is 40.2. The summed E-state index contributed by atoms with van der Waals surface area (Å²) >= 11 is 7.30. The highest BCUT2D eigenvalue weighted by atomic mass is 32.1. The van der Waals surface area contributed by atoms with E-state index in [9.17, 15) is 21.0 Å². The third-order valence-electron chi connectivity index (χ3n) is 11.0. The first kappa shape index (κ1) is 40.2. The Morgan fingerprint density at radius 3 is 1.26 bits per heavy atom. The van der Waals surface area contributed by atoms with Gasteiger partial charge in [-0.05, 0) is 116 Å². The number of unbranched alkanes of at least 4 members (excludes halogenated alkanes) is 9. The Hall–Kier alpha value is -5.00. The number of rotatable bonds is 13. The third kappa shape index (κ3) is 8.09. The van der Waals surface area contributed by atoms with Crippen molar-refractivity contribution in [1.82, 2.24) is 4.57 Å². The summed E-state index contributed by atoms with van der Waals surface area (Å²) in [6.07, 6.45) is 21.6. The van der Waals surface area contributed by atoms with Gasteiger partial charge in [0, 0.05) is 47.0 Å². The van der Waals surface area contributed by atoms with E-state index < -0.39 is 0 Å². The third-order valence-corrected chi connectivity index (χ3v) is 16.0. The van der Waals surface area contributed by atoms with Crippen LogP contribution in [0.25, 0.3) is 64.2 Å². The molecule has 0 saturated heterocycles. The predicted molar refractivity (Wildman–Crippen MR) is 245 cm³/mol.